The Bertz CT molecular complexity index is 692. The quantitative estimate of drug-likeness (QED) is 0.0464. The monoisotopic (exact) mass is 737 g/mol. The molecule has 0 aromatic rings. The molecule has 0 fully saturated rings. The lowest BCUT2D eigenvalue weighted by Crippen LogP contribution is -2.17. The molecule has 0 aliphatic rings. The summed E-state index contributed by atoms with van der Waals surface area (Å²) in [4.78, 5) is 24.1. The van der Waals surface area contributed by atoms with Crippen LogP contribution in [0.5, 0.6) is 0 Å². The first-order valence-electron chi connectivity index (χ1n) is 23.8. The Morgan fingerprint density at radius 1 is 0.308 bits per heavy atom. The molecular weight excluding hydrogens is 641 g/mol. The van der Waals surface area contributed by atoms with Crippen molar-refractivity contribution in [1.82, 2.24) is 0 Å². The van der Waals surface area contributed by atoms with Gasteiger partial charge in [0.2, 0.25) is 0 Å². The van der Waals surface area contributed by atoms with Gasteiger partial charge in [-0.2, -0.15) is 0 Å². The lowest BCUT2D eigenvalue weighted by molar-refractivity contribution is -0.150. The molecule has 4 nitrogen and oxygen atoms in total. The minimum Gasteiger partial charge on any atom is -0.465 e. The van der Waals surface area contributed by atoms with Crippen LogP contribution in [0, 0.1) is 11.8 Å². The van der Waals surface area contributed by atoms with E-state index in [-0.39, 0.29) is 23.8 Å². The molecule has 312 valence electrons. The highest BCUT2D eigenvalue weighted by molar-refractivity contribution is 5.72. The fourth-order valence-electron chi connectivity index (χ4n) is 7.07. The lowest BCUT2D eigenvalue weighted by atomic mass is 9.97. The second-order valence-electron chi connectivity index (χ2n) is 16.0. The predicted octanol–water partition coefficient (Wildman–Crippen LogP) is 16.5. The highest BCUT2D eigenvalue weighted by Gasteiger charge is 2.18. The first-order valence-corrected chi connectivity index (χ1v) is 23.8. The Labute approximate surface area is 327 Å². The van der Waals surface area contributed by atoms with Gasteiger partial charge in [0.1, 0.15) is 0 Å². The van der Waals surface area contributed by atoms with Crippen molar-refractivity contribution in [2.24, 2.45) is 11.8 Å². The van der Waals surface area contributed by atoms with Crippen LogP contribution in [0.1, 0.15) is 273 Å². The first-order chi connectivity index (χ1) is 25.5. The average Bonchev–Trinajstić information content (AvgIpc) is 3.15. The van der Waals surface area contributed by atoms with Gasteiger partial charge >= 0.3 is 11.9 Å². The molecule has 0 aliphatic carbocycles. The zero-order valence-corrected chi connectivity index (χ0v) is 36.7. The SMILES string of the molecule is CCCCCCCCCCCCCCC(CC)C(=O)OCCCCCC.CCCCCCCCCCCCCCCCOC(=O)C(CC)CCCC. The van der Waals surface area contributed by atoms with Gasteiger partial charge in [-0.15, -0.1) is 0 Å². The molecule has 0 aromatic carbocycles. The molecule has 0 spiro atoms. The van der Waals surface area contributed by atoms with Gasteiger partial charge in [-0.3, -0.25) is 9.59 Å². The molecular formula is C48H96O4. The molecule has 4 heteroatoms. The number of rotatable bonds is 40. The molecule has 0 aromatic heterocycles. The normalized spacial score (nSPS) is 12.3. The number of hydrogen-bond donors (Lipinski definition) is 0. The van der Waals surface area contributed by atoms with Gasteiger partial charge in [-0.05, 0) is 38.5 Å². The van der Waals surface area contributed by atoms with E-state index < -0.39 is 0 Å². The Kier molecular flexibility index (Phi) is 47.0. The average molecular weight is 737 g/mol. The summed E-state index contributed by atoms with van der Waals surface area (Å²) in [6.45, 7) is 14.4. The maximum Gasteiger partial charge on any atom is 0.308 e. The van der Waals surface area contributed by atoms with Crippen LogP contribution in [0.4, 0.5) is 0 Å². The lowest BCUT2D eigenvalue weighted by Gasteiger charge is -2.14. The van der Waals surface area contributed by atoms with E-state index in [0.717, 1.165) is 51.4 Å². The van der Waals surface area contributed by atoms with Crippen LogP contribution < -0.4 is 0 Å². The summed E-state index contributed by atoms with van der Waals surface area (Å²) < 4.78 is 10.9. The van der Waals surface area contributed by atoms with Crippen LogP contribution in [-0.4, -0.2) is 25.2 Å². The first kappa shape index (κ1) is 53.0. The van der Waals surface area contributed by atoms with E-state index in [2.05, 4.69) is 41.5 Å². The topological polar surface area (TPSA) is 52.6 Å². The molecule has 0 bridgehead atoms. The van der Waals surface area contributed by atoms with Crippen molar-refractivity contribution in [3.63, 3.8) is 0 Å². The van der Waals surface area contributed by atoms with Crippen LogP contribution >= 0.6 is 0 Å². The van der Waals surface area contributed by atoms with Crippen LogP contribution in [-0.2, 0) is 19.1 Å². The molecule has 0 amide bonds. The summed E-state index contributed by atoms with van der Waals surface area (Å²) in [6.07, 6.45) is 46.2. The van der Waals surface area contributed by atoms with Gasteiger partial charge < -0.3 is 9.47 Å². The van der Waals surface area contributed by atoms with Gasteiger partial charge in [0, 0.05) is 0 Å². The van der Waals surface area contributed by atoms with Crippen LogP contribution in [0.2, 0.25) is 0 Å². The smallest absolute Gasteiger partial charge is 0.308 e. The maximum atomic E-state index is 12.1. The number of hydrogen-bond acceptors (Lipinski definition) is 4. The zero-order chi connectivity index (χ0) is 38.6. The van der Waals surface area contributed by atoms with E-state index in [4.69, 9.17) is 9.47 Å². The van der Waals surface area contributed by atoms with Gasteiger partial charge in [0.15, 0.2) is 0 Å². The van der Waals surface area contributed by atoms with Crippen molar-refractivity contribution in [1.29, 1.82) is 0 Å². The highest BCUT2D eigenvalue weighted by atomic mass is 16.5. The van der Waals surface area contributed by atoms with Crippen molar-refractivity contribution < 1.29 is 19.1 Å². The largest absolute Gasteiger partial charge is 0.465 e. The highest BCUT2D eigenvalue weighted by Crippen LogP contribution is 2.19. The molecule has 0 N–H and O–H groups in total. The van der Waals surface area contributed by atoms with E-state index >= 15 is 0 Å². The van der Waals surface area contributed by atoms with Gasteiger partial charge in [-0.25, -0.2) is 0 Å². The summed E-state index contributed by atoms with van der Waals surface area (Å²) in [5.74, 6) is 0.341. The molecule has 0 heterocycles. The standard InChI is InChI=1S/2C24H48O2/c1-4-7-9-10-11-12-13-14-15-16-17-18-19-20-22-26-24(25)23(6-3)21-8-5-2;1-4-7-9-11-12-13-14-15-16-17-18-19-21-23(6-3)24(25)26-22-20-10-8-5-2/h2*23H,4-22H2,1-3H3. The van der Waals surface area contributed by atoms with Crippen molar-refractivity contribution >= 4 is 11.9 Å². The van der Waals surface area contributed by atoms with E-state index in [1.807, 2.05) is 0 Å². The molecule has 2 unspecified atom stereocenters. The van der Waals surface area contributed by atoms with Crippen molar-refractivity contribution in [2.75, 3.05) is 13.2 Å². The van der Waals surface area contributed by atoms with E-state index in [1.165, 1.54) is 180 Å². The molecule has 0 rings (SSSR count). The van der Waals surface area contributed by atoms with Crippen LogP contribution in [0.3, 0.4) is 0 Å². The van der Waals surface area contributed by atoms with E-state index in [9.17, 15) is 9.59 Å². The second-order valence-corrected chi connectivity index (χ2v) is 16.0. The Morgan fingerprint density at radius 2 is 0.538 bits per heavy atom. The zero-order valence-electron chi connectivity index (χ0n) is 36.7. The van der Waals surface area contributed by atoms with Crippen molar-refractivity contribution in [3.05, 3.63) is 0 Å². The Balaban J connectivity index is 0. The summed E-state index contributed by atoms with van der Waals surface area (Å²) >= 11 is 0. The number of carbonyl (C=O) groups is 2. The maximum absolute atomic E-state index is 12.1. The fraction of sp³-hybridized carbons (Fsp3) is 0.958. The minimum absolute atomic E-state index is 0.0376. The number of esters is 2. The Morgan fingerprint density at radius 3 is 0.827 bits per heavy atom. The fourth-order valence-corrected chi connectivity index (χ4v) is 7.07. The number of unbranched alkanes of at least 4 members (excludes halogenated alkanes) is 28. The molecule has 52 heavy (non-hydrogen) atoms. The summed E-state index contributed by atoms with van der Waals surface area (Å²) in [7, 11) is 0. The Hall–Kier alpha value is -1.06. The van der Waals surface area contributed by atoms with Crippen molar-refractivity contribution in [3.8, 4) is 0 Å². The number of carbonyl (C=O) groups excluding carboxylic acids is 2. The summed E-state index contributed by atoms with van der Waals surface area (Å²) in [5.41, 5.74) is 0. The molecule has 2 atom stereocenters. The van der Waals surface area contributed by atoms with E-state index in [0.29, 0.717) is 13.2 Å². The summed E-state index contributed by atoms with van der Waals surface area (Å²) in [6, 6.07) is 0. The summed E-state index contributed by atoms with van der Waals surface area (Å²) in [5, 5.41) is 0. The number of ether oxygens (including phenoxy) is 2. The van der Waals surface area contributed by atoms with Crippen LogP contribution in [0.15, 0.2) is 0 Å². The molecule has 0 saturated heterocycles. The molecule has 0 radical (unpaired) electrons. The van der Waals surface area contributed by atoms with Gasteiger partial charge in [-0.1, -0.05) is 234 Å². The third-order valence-electron chi connectivity index (χ3n) is 10.9. The predicted molar refractivity (Wildman–Crippen MR) is 229 cm³/mol. The van der Waals surface area contributed by atoms with Crippen LogP contribution in [0.25, 0.3) is 0 Å². The minimum atomic E-state index is 0.0376. The molecule has 0 saturated carbocycles. The van der Waals surface area contributed by atoms with E-state index in [1.54, 1.807) is 0 Å². The molecule has 0 aliphatic heterocycles. The third-order valence-corrected chi connectivity index (χ3v) is 10.9. The van der Waals surface area contributed by atoms with Gasteiger partial charge in [0.25, 0.3) is 0 Å². The second kappa shape index (κ2) is 46.1. The van der Waals surface area contributed by atoms with Gasteiger partial charge in [0.05, 0.1) is 25.0 Å². The third kappa shape index (κ3) is 40.1. The van der Waals surface area contributed by atoms with Crippen molar-refractivity contribution in [2.45, 2.75) is 273 Å².